The van der Waals surface area contributed by atoms with Gasteiger partial charge in [0.2, 0.25) is 0 Å². The van der Waals surface area contributed by atoms with Crippen molar-refractivity contribution in [2.24, 2.45) is 5.92 Å². The molecule has 0 amide bonds. The lowest BCUT2D eigenvalue weighted by Crippen LogP contribution is -2.19. The van der Waals surface area contributed by atoms with Crippen molar-refractivity contribution in [2.75, 3.05) is 6.54 Å². The van der Waals surface area contributed by atoms with Crippen LogP contribution in [0.1, 0.15) is 45.4 Å². The second-order valence-electron chi connectivity index (χ2n) is 5.21. The van der Waals surface area contributed by atoms with Crippen molar-refractivity contribution in [1.82, 2.24) is 10.3 Å². The Morgan fingerprint density at radius 2 is 2.06 bits per heavy atom. The molecule has 0 radical (unpaired) electrons. The van der Waals surface area contributed by atoms with Gasteiger partial charge in [0.15, 0.2) is 0 Å². The fraction of sp³-hybridized carbons (Fsp3) is 0.667. The average molecular weight is 250 g/mol. The van der Waals surface area contributed by atoms with E-state index < -0.39 is 0 Å². The number of rotatable bonds is 8. The Morgan fingerprint density at radius 1 is 1.28 bits per heavy atom. The van der Waals surface area contributed by atoms with Gasteiger partial charge in [-0.15, -0.1) is 0 Å². The first-order chi connectivity index (χ1) is 8.61. The zero-order chi connectivity index (χ0) is 13.4. The van der Waals surface area contributed by atoms with Gasteiger partial charge in [-0.2, -0.15) is 0 Å². The summed E-state index contributed by atoms with van der Waals surface area (Å²) < 4.78 is 5.65. The lowest BCUT2D eigenvalue weighted by Gasteiger charge is -2.10. The van der Waals surface area contributed by atoms with Crippen LogP contribution in [0.5, 0.6) is 0 Å². The van der Waals surface area contributed by atoms with Crippen LogP contribution < -0.4 is 5.32 Å². The molecule has 1 N–H and O–H groups in total. The Labute approximate surface area is 111 Å². The normalized spacial score (nSPS) is 12.9. The Kier molecular flexibility index (Phi) is 6.91. The van der Waals surface area contributed by atoms with E-state index in [1.165, 1.54) is 5.56 Å². The first-order valence-corrected chi connectivity index (χ1v) is 6.88. The highest BCUT2D eigenvalue weighted by Crippen LogP contribution is 2.05. The van der Waals surface area contributed by atoms with Crippen LogP contribution >= 0.6 is 0 Å². The van der Waals surface area contributed by atoms with E-state index in [9.17, 15) is 0 Å². The van der Waals surface area contributed by atoms with Gasteiger partial charge < -0.3 is 10.1 Å². The first-order valence-electron chi connectivity index (χ1n) is 6.88. The van der Waals surface area contributed by atoms with Crippen LogP contribution in [0.15, 0.2) is 18.3 Å². The van der Waals surface area contributed by atoms with Crippen molar-refractivity contribution in [3.63, 3.8) is 0 Å². The van der Waals surface area contributed by atoms with E-state index >= 15 is 0 Å². The van der Waals surface area contributed by atoms with Gasteiger partial charge >= 0.3 is 0 Å². The molecule has 1 atom stereocenters. The second-order valence-corrected chi connectivity index (χ2v) is 5.21. The summed E-state index contributed by atoms with van der Waals surface area (Å²) in [6, 6.07) is 4.17. The molecule has 0 aliphatic heterocycles. The minimum absolute atomic E-state index is 0.305. The largest absolute Gasteiger partial charge is 0.372 e. The number of hydrogen-bond acceptors (Lipinski definition) is 3. The minimum atomic E-state index is 0.305. The lowest BCUT2D eigenvalue weighted by atomic mass is 10.2. The quantitative estimate of drug-likeness (QED) is 0.769. The average Bonchev–Trinajstić information content (AvgIpc) is 2.37. The molecule has 0 fully saturated rings. The molecule has 0 aliphatic rings. The van der Waals surface area contributed by atoms with E-state index in [-0.39, 0.29) is 0 Å². The van der Waals surface area contributed by atoms with Crippen LogP contribution in [0.25, 0.3) is 0 Å². The number of pyridine rings is 1. The molecule has 1 aromatic rings. The molecule has 1 unspecified atom stereocenters. The number of aromatic nitrogens is 1. The fourth-order valence-corrected chi connectivity index (χ4v) is 1.50. The summed E-state index contributed by atoms with van der Waals surface area (Å²) in [7, 11) is 0. The highest BCUT2D eigenvalue weighted by molar-refractivity contribution is 5.13. The highest BCUT2D eigenvalue weighted by Gasteiger charge is 2.01. The van der Waals surface area contributed by atoms with Crippen molar-refractivity contribution in [2.45, 2.75) is 53.4 Å². The van der Waals surface area contributed by atoms with Gasteiger partial charge in [-0.3, -0.25) is 4.98 Å². The van der Waals surface area contributed by atoms with Gasteiger partial charge in [-0.05, 0) is 37.4 Å². The monoisotopic (exact) mass is 250 g/mol. The Morgan fingerprint density at radius 3 is 2.61 bits per heavy atom. The SMILES string of the molecule is CCC(C)OCc1ccc(CNCC(C)C)cn1. The summed E-state index contributed by atoms with van der Waals surface area (Å²) in [6.07, 6.45) is 3.28. The van der Waals surface area contributed by atoms with Crippen LogP contribution in [0.4, 0.5) is 0 Å². The first kappa shape index (κ1) is 15.1. The van der Waals surface area contributed by atoms with Gasteiger partial charge in [0, 0.05) is 12.7 Å². The van der Waals surface area contributed by atoms with E-state index in [0.717, 1.165) is 25.2 Å². The van der Waals surface area contributed by atoms with Crippen molar-refractivity contribution < 1.29 is 4.74 Å². The Balaban J connectivity index is 2.33. The standard InChI is InChI=1S/C15H26N2O/c1-5-13(4)18-11-15-7-6-14(10-17-15)9-16-8-12(2)3/h6-7,10,12-13,16H,5,8-9,11H2,1-4H3. The summed E-state index contributed by atoms with van der Waals surface area (Å²) in [6.45, 7) is 11.2. The predicted molar refractivity (Wildman–Crippen MR) is 75.3 cm³/mol. The molecule has 18 heavy (non-hydrogen) atoms. The van der Waals surface area contributed by atoms with Crippen LogP contribution in [-0.2, 0) is 17.9 Å². The molecule has 3 heteroatoms. The Hall–Kier alpha value is -0.930. The molecule has 0 saturated carbocycles. The number of nitrogens with one attached hydrogen (secondary N) is 1. The van der Waals surface area contributed by atoms with Crippen molar-refractivity contribution >= 4 is 0 Å². The molecule has 1 heterocycles. The molecular formula is C15H26N2O. The third-order valence-electron chi connectivity index (χ3n) is 2.86. The van der Waals surface area contributed by atoms with Gasteiger partial charge in [0.1, 0.15) is 0 Å². The van der Waals surface area contributed by atoms with E-state index in [1.54, 1.807) is 0 Å². The van der Waals surface area contributed by atoms with Crippen LogP contribution in [0.2, 0.25) is 0 Å². The summed E-state index contributed by atoms with van der Waals surface area (Å²) in [5.74, 6) is 0.682. The number of nitrogens with zero attached hydrogens (tertiary/aromatic N) is 1. The van der Waals surface area contributed by atoms with Crippen molar-refractivity contribution in [1.29, 1.82) is 0 Å². The number of ether oxygens (including phenoxy) is 1. The molecule has 0 spiro atoms. The molecule has 1 aromatic heterocycles. The van der Waals surface area contributed by atoms with Crippen LogP contribution in [-0.4, -0.2) is 17.6 Å². The third kappa shape index (κ3) is 6.12. The predicted octanol–water partition coefficient (Wildman–Crippen LogP) is 3.14. The molecule has 0 aliphatic carbocycles. The molecule has 0 bridgehead atoms. The van der Waals surface area contributed by atoms with Gasteiger partial charge in [-0.25, -0.2) is 0 Å². The number of hydrogen-bond donors (Lipinski definition) is 1. The van der Waals surface area contributed by atoms with Crippen molar-refractivity contribution in [3.8, 4) is 0 Å². The summed E-state index contributed by atoms with van der Waals surface area (Å²) in [5.41, 5.74) is 2.23. The smallest absolute Gasteiger partial charge is 0.0891 e. The molecule has 1 rings (SSSR count). The Bertz CT molecular complexity index is 322. The van der Waals surface area contributed by atoms with Crippen molar-refractivity contribution in [3.05, 3.63) is 29.6 Å². The van der Waals surface area contributed by atoms with E-state index in [2.05, 4.69) is 50.1 Å². The molecule has 3 nitrogen and oxygen atoms in total. The topological polar surface area (TPSA) is 34.1 Å². The zero-order valence-electron chi connectivity index (χ0n) is 12.1. The second kappa shape index (κ2) is 8.22. The minimum Gasteiger partial charge on any atom is -0.372 e. The fourth-order valence-electron chi connectivity index (χ4n) is 1.50. The summed E-state index contributed by atoms with van der Waals surface area (Å²) in [5, 5.41) is 3.41. The van der Waals surface area contributed by atoms with E-state index in [4.69, 9.17) is 4.74 Å². The third-order valence-corrected chi connectivity index (χ3v) is 2.86. The van der Waals surface area contributed by atoms with Gasteiger partial charge in [-0.1, -0.05) is 26.8 Å². The highest BCUT2D eigenvalue weighted by atomic mass is 16.5. The maximum absolute atomic E-state index is 5.65. The van der Waals surface area contributed by atoms with Gasteiger partial charge in [0.05, 0.1) is 18.4 Å². The summed E-state index contributed by atoms with van der Waals surface area (Å²) >= 11 is 0. The molecule has 0 saturated heterocycles. The van der Waals surface area contributed by atoms with E-state index in [0.29, 0.717) is 18.6 Å². The lowest BCUT2D eigenvalue weighted by molar-refractivity contribution is 0.0489. The zero-order valence-corrected chi connectivity index (χ0v) is 12.1. The molecular weight excluding hydrogens is 224 g/mol. The summed E-state index contributed by atoms with van der Waals surface area (Å²) in [4.78, 5) is 4.42. The van der Waals surface area contributed by atoms with E-state index in [1.807, 2.05) is 6.20 Å². The maximum Gasteiger partial charge on any atom is 0.0891 e. The molecule has 0 aromatic carbocycles. The maximum atomic E-state index is 5.65. The van der Waals surface area contributed by atoms with Gasteiger partial charge in [0.25, 0.3) is 0 Å². The molecule has 102 valence electrons. The van der Waals surface area contributed by atoms with Crippen LogP contribution in [0.3, 0.4) is 0 Å². The van der Waals surface area contributed by atoms with Crippen LogP contribution in [0, 0.1) is 5.92 Å².